The molecule has 0 aliphatic rings. The second kappa shape index (κ2) is 7.17. The molecule has 1 heterocycles. The number of aromatic nitrogens is 2. The molecule has 22 heavy (non-hydrogen) atoms. The minimum atomic E-state index is -0.272. The van der Waals surface area contributed by atoms with Gasteiger partial charge in [-0.25, -0.2) is 0 Å². The molecule has 6 heteroatoms. The van der Waals surface area contributed by atoms with Crippen LogP contribution >= 0.6 is 12.2 Å². The van der Waals surface area contributed by atoms with E-state index in [2.05, 4.69) is 35.6 Å². The highest BCUT2D eigenvalue weighted by molar-refractivity contribution is 7.80. The number of hydrogen-bond acceptors (Lipinski definition) is 3. The zero-order chi connectivity index (χ0) is 16.1. The minimum Gasteiger partial charge on any atom is -0.332 e. The third-order valence-corrected chi connectivity index (χ3v) is 3.75. The summed E-state index contributed by atoms with van der Waals surface area (Å²) in [5.41, 5.74) is 2.58. The molecule has 2 aromatic rings. The van der Waals surface area contributed by atoms with Gasteiger partial charge in [0.05, 0.1) is 11.8 Å². The van der Waals surface area contributed by atoms with E-state index in [1.54, 1.807) is 17.9 Å². The van der Waals surface area contributed by atoms with E-state index in [0.717, 1.165) is 12.1 Å². The molecule has 0 aliphatic carbocycles. The van der Waals surface area contributed by atoms with Gasteiger partial charge in [-0.1, -0.05) is 32.0 Å². The molecular weight excluding hydrogens is 296 g/mol. The molecule has 1 atom stereocenters. The molecular formula is C16H20N4OS. The number of benzene rings is 1. The first-order chi connectivity index (χ1) is 10.5. The Labute approximate surface area is 135 Å². The van der Waals surface area contributed by atoms with E-state index < -0.39 is 0 Å². The fourth-order valence-electron chi connectivity index (χ4n) is 2.13. The molecule has 2 rings (SSSR count). The van der Waals surface area contributed by atoms with Crippen molar-refractivity contribution < 1.29 is 4.79 Å². The molecule has 2 N–H and O–H groups in total. The third kappa shape index (κ3) is 3.92. The number of anilines is 1. The van der Waals surface area contributed by atoms with Crippen LogP contribution < -0.4 is 10.6 Å². The smallest absolute Gasteiger partial charge is 0.260 e. The Morgan fingerprint density at radius 1 is 1.41 bits per heavy atom. The van der Waals surface area contributed by atoms with Gasteiger partial charge in [0.2, 0.25) is 0 Å². The van der Waals surface area contributed by atoms with Crippen molar-refractivity contribution in [2.24, 2.45) is 7.05 Å². The SMILES string of the molecule is CCC(C)c1ccccc1NC(=S)NC(=O)c1cnn(C)c1. The number of amides is 1. The van der Waals surface area contributed by atoms with E-state index in [4.69, 9.17) is 12.2 Å². The number of nitrogens with zero attached hydrogens (tertiary/aromatic N) is 2. The van der Waals surface area contributed by atoms with Crippen molar-refractivity contribution in [3.63, 3.8) is 0 Å². The average molecular weight is 316 g/mol. The van der Waals surface area contributed by atoms with Gasteiger partial charge in [0, 0.05) is 18.9 Å². The first-order valence-corrected chi connectivity index (χ1v) is 7.62. The van der Waals surface area contributed by atoms with E-state index in [-0.39, 0.29) is 11.0 Å². The fraction of sp³-hybridized carbons (Fsp3) is 0.312. The van der Waals surface area contributed by atoms with Gasteiger partial charge in [0.25, 0.3) is 5.91 Å². The molecule has 0 fully saturated rings. The summed E-state index contributed by atoms with van der Waals surface area (Å²) in [6.07, 6.45) is 4.18. The van der Waals surface area contributed by atoms with Gasteiger partial charge in [-0.3, -0.25) is 14.8 Å². The Hall–Kier alpha value is -2.21. The summed E-state index contributed by atoms with van der Waals surface area (Å²) in [7, 11) is 1.76. The van der Waals surface area contributed by atoms with E-state index in [0.29, 0.717) is 11.5 Å². The van der Waals surface area contributed by atoms with Crippen molar-refractivity contribution in [3.8, 4) is 0 Å². The zero-order valence-corrected chi connectivity index (χ0v) is 13.8. The van der Waals surface area contributed by atoms with E-state index >= 15 is 0 Å². The van der Waals surface area contributed by atoms with Gasteiger partial charge in [0.1, 0.15) is 0 Å². The topological polar surface area (TPSA) is 58.9 Å². The molecule has 5 nitrogen and oxygen atoms in total. The van der Waals surface area contributed by atoms with Gasteiger partial charge in [-0.15, -0.1) is 0 Å². The lowest BCUT2D eigenvalue weighted by atomic mass is 9.97. The predicted molar refractivity (Wildman–Crippen MR) is 92.0 cm³/mol. The third-order valence-electron chi connectivity index (χ3n) is 3.55. The summed E-state index contributed by atoms with van der Waals surface area (Å²) in [6.45, 7) is 4.31. The van der Waals surface area contributed by atoms with Crippen LogP contribution in [0.3, 0.4) is 0 Å². The lowest BCUT2D eigenvalue weighted by Gasteiger charge is -2.16. The molecule has 1 aromatic carbocycles. The highest BCUT2D eigenvalue weighted by Crippen LogP contribution is 2.26. The standard InChI is InChI=1S/C16H20N4OS/c1-4-11(2)13-7-5-6-8-14(13)18-16(22)19-15(21)12-9-17-20(3)10-12/h5-11H,4H2,1-3H3,(H2,18,19,21,22). The maximum atomic E-state index is 12.0. The highest BCUT2D eigenvalue weighted by atomic mass is 32.1. The Kier molecular flexibility index (Phi) is 5.27. The van der Waals surface area contributed by atoms with Crippen LogP contribution in [0.15, 0.2) is 36.7 Å². The average Bonchev–Trinajstić information content (AvgIpc) is 2.93. The summed E-state index contributed by atoms with van der Waals surface area (Å²) in [6, 6.07) is 7.98. The van der Waals surface area contributed by atoms with Crippen LogP contribution in [0, 0.1) is 0 Å². The summed E-state index contributed by atoms with van der Waals surface area (Å²) in [5.74, 6) is 0.146. The quantitative estimate of drug-likeness (QED) is 0.851. The Balaban J connectivity index is 2.05. The van der Waals surface area contributed by atoms with Crippen LogP contribution in [-0.4, -0.2) is 20.8 Å². The molecule has 1 amide bonds. The maximum absolute atomic E-state index is 12.0. The van der Waals surface area contributed by atoms with Crippen molar-refractivity contribution >= 4 is 28.9 Å². The number of thiocarbonyl (C=S) groups is 1. The normalized spacial score (nSPS) is 11.8. The van der Waals surface area contributed by atoms with Crippen LogP contribution in [-0.2, 0) is 7.05 Å². The molecule has 0 spiro atoms. The maximum Gasteiger partial charge on any atom is 0.260 e. The number of para-hydroxylation sites is 1. The highest BCUT2D eigenvalue weighted by Gasteiger charge is 2.12. The predicted octanol–water partition coefficient (Wildman–Crippen LogP) is 3.06. The van der Waals surface area contributed by atoms with Crippen molar-refractivity contribution in [1.29, 1.82) is 0 Å². The van der Waals surface area contributed by atoms with Crippen LogP contribution in [0.4, 0.5) is 5.69 Å². The largest absolute Gasteiger partial charge is 0.332 e. The monoisotopic (exact) mass is 316 g/mol. The summed E-state index contributed by atoms with van der Waals surface area (Å²) >= 11 is 5.23. The number of nitrogens with one attached hydrogen (secondary N) is 2. The van der Waals surface area contributed by atoms with Gasteiger partial charge in [-0.05, 0) is 36.2 Å². The fourth-order valence-corrected chi connectivity index (χ4v) is 2.33. The van der Waals surface area contributed by atoms with Crippen molar-refractivity contribution in [2.45, 2.75) is 26.2 Å². The number of rotatable bonds is 4. The van der Waals surface area contributed by atoms with Crippen LogP contribution in [0.25, 0.3) is 0 Å². The molecule has 0 radical (unpaired) electrons. The Morgan fingerprint density at radius 2 is 2.14 bits per heavy atom. The van der Waals surface area contributed by atoms with Crippen LogP contribution in [0.2, 0.25) is 0 Å². The Morgan fingerprint density at radius 3 is 2.77 bits per heavy atom. The molecule has 116 valence electrons. The van der Waals surface area contributed by atoms with Crippen LogP contribution in [0.5, 0.6) is 0 Å². The summed E-state index contributed by atoms with van der Waals surface area (Å²) in [4.78, 5) is 12.0. The van der Waals surface area contributed by atoms with E-state index in [1.165, 1.54) is 11.8 Å². The molecule has 0 bridgehead atoms. The minimum absolute atomic E-state index is 0.272. The summed E-state index contributed by atoms with van der Waals surface area (Å²) < 4.78 is 1.57. The first-order valence-electron chi connectivity index (χ1n) is 7.21. The van der Waals surface area contributed by atoms with Crippen molar-refractivity contribution in [1.82, 2.24) is 15.1 Å². The van der Waals surface area contributed by atoms with Crippen molar-refractivity contribution in [3.05, 3.63) is 47.8 Å². The molecule has 1 unspecified atom stereocenters. The zero-order valence-electron chi connectivity index (χ0n) is 13.0. The van der Waals surface area contributed by atoms with Crippen molar-refractivity contribution in [2.75, 3.05) is 5.32 Å². The van der Waals surface area contributed by atoms with Crippen LogP contribution in [0.1, 0.15) is 42.1 Å². The van der Waals surface area contributed by atoms with Gasteiger partial charge in [-0.2, -0.15) is 5.10 Å². The lowest BCUT2D eigenvalue weighted by Crippen LogP contribution is -2.34. The molecule has 0 saturated carbocycles. The van der Waals surface area contributed by atoms with E-state index in [1.807, 2.05) is 18.2 Å². The van der Waals surface area contributed by atoms with Gasteiger partial charge >= 0.3 is 0 Å². The lowest BCUT2D eigenvalue weighted by molar-refractivity contribution is 0.0977. The number of hydrogen-bond donors (Lipinski definition) is 2. The number of carbonyl (C=O) groups is 1. The summed E-state index contributed by atoms with van der Waals surface area (Å²) in [5, 5.41) is 10.0. The molecule has 1 aromatic heterocycles. The Bertz CT molecular complexity index is 680. The molecule has 0 saturated heterocycles. The number of carbonyl (C=O) groups excluding carboxylic acids is 1. The second-order valence-corrected chi connectivity index (χ2v) is 5.62. The molecule has 0 aliphatic heterocycles. The number of aryl methyl sites for hydroxylation is 1. The van der Waals surface area contributed by atoms with E-state index in [9.17, 15) is 4.79 Å². The first kappa shape index (κ1) is 16.2. The second-order valence-electron chi connectivity index (χ2n) is 5.21. The van der Waals surface area contributed by atoms with Gasteiger partial charge in [0.15, 0.2) is 5.11 Å². The van der Waals surface area contributed by atoms with Gasteiger partial charge < -0.3 is 5.32 Å².